The van der Waals surface area contributed by atoms with Gasteiger partial charge in [-0.25, -0.2) is 10.1 Å². The molecule has 0 saturated carbocycles. The molecular formula is C25H29N3O. The van der Waals surface area contributed by atoms with Gasteiger partial charge in [-0.05, 0) is 86.1 Å². The smallest absolute Gasteiger partial charge is 0.265 e. The standard InChI is InChI=1S/C24H25N3O.CH4/c1-24(2)15-20(22(16-25)26-3)14-21(28-24)9-8-17-12-18-6-4-10-27-11-5-7-19(13-17)23(18)27;/h8-9,12-14H,4-7,10-11,15H2,1-2H3;1H4/b9-8+,22-20+;. The fraction of sp³-hybridized carbons (Fsp3) is 0.440. The van der Waals surface area contributed by atoms with E-state index in [1.807, 2.05) is 32.1 Å². The Kier molecular flexibility index (Phi) is 5.85. The average Bonchev–Trinajstić information content (AvgIpc) is 2.67. The predicted molar refractivity (Wildman–Crippen MR) is 118 cm³/mol. The molecule has 4 nitrogen and oxygen atoms in total. The molecule has 0 atom stereocenters. The van der Waals surface area contributed by atoms with Crippen LogP contribution in [-0.4, -0.2) is 18.7 Å². The second-order valence-electron chi connectivity index (χ2n) is 8.40. The molecule has 0 unspecified atom stereocenters. The molecular weight excluding hydrogens is 358 g/mol. The number of rotatable bonds is 2. The van der Waals surface area contributed by atoms with E-state index in [-0.39, 0.29) is 13.1 Å². The molecule has 0 amide bonds. The number of nitrogens with zero attached hydrogens (tertiary/aromatic N) is 3. The number of anilines is 1. The van der Waals surface area contributed by atoms with Crippen LogP contribution in [0.5, 0.6) is 0 Å². The first-order chi connectivity index (χ1) is 13.5. The molecule has 1 aromatic carbocycles. The first-order valence-electron chi connectivity index (χ1n) is 9.99. The van der Waals surface area contributed by atoms with E-state index in [4.69, 9.17) is 11.3 Å². The summed E-state index contributed by atoms with van der Waals surface area (Å²) in [4.78, 5) is 5.92. The number of aryl methyl sites for hydroxylation is 2. The van der Waals surface area contributed by atoms with Gasteiger partial charge in [0.1, 0.15) is 11.4 Å². The van der Waals surface area contributed by atoms with Crippen molar-refractivity contribution in [2.24, 2.45) is 0 Å². The third-order valence-electron chi connectivity index (χ3n) is 5.64. The van der Waals surface area contributed by atoms with Gasteiger partial charge < -0.3 is 9.64 Å². The Balaban J connectivity index is 0.00000240. The van der Waals surface area contributed by atoms with Crippen LogP contribution in [0.25, 0.3) is 10.9 Å². The largest absolute Gasteiger partial charge is 0.488 e. The Morgan fingerprint density at radius 1 is 1.21 bits per heavy atom. The van der Waals surface area contributed by atoms with Crippen molar-refractivity contribution in [3.05, 3.63) is 69.4 Å². The first kappa shape index (κ1) is 20.7. The molecule has 4 heteroatoms. The number of nitriles is 1. The van der Waals surface area contributed by atoms with E-state index in [1.54, 1.807) is 0 Å². The van der Waals surface area contributed by atoms with Crippen LogP contribution in [-0.2, 0) is 17.6 Å². The van der Waals surface area contributed by atoms with Crippen LogP contribution in [0, 0.1) is 17.9 Å². The summed E-state index contributed by atoms with van der Waals surface area (Å²) in [6.45, 7) is 13.6. The number of hydrogen-bond donors (Lipinski definition) is 0. The summed E-state index contributed by atoms with van der Waals surface area (Å²) in [6, 6.07) is 6.62. The highest BCUT2D eigenvalue weighted by atomic mass is 16.5. The normalized spacial score (nSPS) is 21.1. The van der Waals surface area contributed by atoms with Crippen molar-refractivity contribution >= 4 is 11.8 Å². The molecule has 4 rings (SSSR count). The molecule has 0 spiro atoms. The van der Waals surface area contributed by atoms with Gasteiger partial charge in [0.15, 0.2) is 0 Å². The molecule has 0 aromatic heterocycles. The Labute approximate surface area is 174 Å². The lowest BCUT2D eigenvalue weighted by Gasteiger charge is -2.37. The average molecular weight is 388 g/mol. The lowest BCUT2D eigenvalue weighted by Crippen LogP contribution is -2.34. The van der Waals surface area contributed by atoms with Crippen molar-refractivity contribution in [1.29, 1.82) is 5.26 Å². The van der Waals surface area contributed by atoms with Gasteiger partial charge in [-0.3, -0.25) is 0 Å². The fourth-order valence-corrected chi connectivity index (χ4v) is 4.57. The Morgan fingerprint density at radius 2 is 1.86 bits per heavy atom. The highest BCUT2D eigenvalue weighted by Crippen LogP contribution is 2.37. The minimum Gasteiger partial charge on any atom is -0.488 e. The van der Waals surface area contributed by atoms with E-state index in [2.05, 4.69) is 28.0 Å². The summed E-state index contributed by atoms with van der Waals surface area (Å²) in [5, 5.41) is 9.23. The van der Waals surface area contributed by atoms with Crippen molar-refractivity contribution in [3.63, 3.8) is 0 Å². The van der Waals surface area contributed by atoms with Crippen LogP contribution < -0.4 is 4.90 Å². The predicted octanol–water partition coefficient (Wildman–Crippen LogP) is 5.81. The molecule has 1 aromatic rings. The molecule has 0 fully saturated rings. The van der Waals surface area contributed by atoms with Crippen LogP contribution in [0.15, 0.2) is 41.3 Å². The minimum atomic E-state index is -0.432. The van der Waals surface area contributed by atoms with E-state index < -0.39 is 5.60 Å². The molecule has 29 heavy (non-hydrogen) atoms. The zero-order valence-corrected chi connectivity index (χ0v) is 16.6. The van der Waals surface area contributed by atoms with Gasteiger partial charge in [-0.15, -0.1) is 0 Å². The maximum Gasteiger partial charge on any atom is 0.265 e. The third kappa shape index (κ3) is 4.22. The second-order valence-corrected chi connectivity index (χ2v) is 8.40. The first-order valence-corrected chi connectivity index (χ1v) is 9.99. The Morgan fingerprint density at radius 3 is 2.45 bits per heavy atom. The zero-order chi connectivity index (χ0) is 19.7. The maximum absolute atomic E-state index is 9.23. The fourth-order valence-electron chi connectivity index (χ4n) is 4.57. The number of allylic oxidation sites excluding steroid dienone is 3. The number of hydrogen-bond acceptors (Lipinski definition) is 3. The molecule has 3 aliphatic rings. The summed E-state index contributed by atoms with van der Waals surface area (Å²) >= 11 is 0. The maximum atomic E-state index is 9.23. The highest BCUT2D eigenvalue weighted by molar-refractivity contribution is 5.68. The topological polar surface area (TPSA) is 40.6 Å². The zero-order valence-electron chi connectivity index (χ0n) is 16.6. The molecule has 0 N–H and O–H groups in total. The Bertz CT molecular complexity index is 935. The van der Waals surface area contributed by atoms with E-state index in [0.717, 1.165) is 18.4 Å². The minimum absolute atomic E-state index is 0. The van der Waals surface area contributed by atoms with Crippen LogP contribution in [0.1, 0.15) is 57.2 Å². The molecule has 0 bridgehead atoms. The van der Waals surface area contributed by atoms with E-state index in [0.29, 0.717) is 12.2 Å². The van der Waals surface area contributed by atoms with Crippen molar-refractivity contribution in [2.45, 2.75) is 59.0 Å². The number of ether oxygens (including phenoxy) is 1. The van der Waals surface area contributed by atoms with Crippen LogP contribution in [0.3, 0.4) is 0 Å². The van der Waals surface area contributed by atoms with Crippen molar-refractivity contribution in [2.75, 3.05) is 18.0 Å². The summed E-state index contributed by atoms with van der Waals surface area (Å²) in [5.41, 5.74) is 6.07. The molecule has 0 saturated heterocycles. The van der Waals surface area contributed by atoms with Gasteiger partial charge in [0.2, 0.25) is 0 Å². The molecule has 3 heterocycles. The summed E-state index contributed by atoms with van der Waals surface area (Å²) in [6.07, 6.45) is 11.2. The third-order valence-corrected chi connectivity index (χ3v) is 5.64. The monoisotopic (exact) mass is 387 g/mol. The lowest BCUT2D eigenvalue weighted by atomic mass is 9.90. The summed E-state index contributed by atoms with van der Waals surface area (Å²) < 4.78 is 6.08. The van der Waals surface area contributed by atoms with Gasteiger partial charge in [0, 0.05) is 25.2 Å². The quantitative estimate of drug-likeness (QED) is 0.475. The van der Waals surface area contributed by atoms with E-state index in [1.165, 1.54) is 48.3 Å². The van der Waals surface area contributed by atoms with Crippen molar-refractivity contribution in [3.8, 4) is 6.07 Å². The Hall–Kier alpha value is -2.98. The lowest BCUT2D eigenvalue weighted by molar-refractivity contribution is 0.0356. The highest BCUT2D eigenvalue weighted by Gasteiger charge is 2.28. The van der Waals surface area contributed by atoms with E-state index in [9.17, 15) is 5.26 Å². The van der Waals surface area contributed by atoms with Gasteiger partial charge in [-0.1, -0.05) is 13.5 Å². The molecule has 0 aliphatic carbocycles. The summed E-state index contributed by atoms with van der Waals surface area (Å²) in [5.74, 6) is 0.704. The van der Waals surface area contributed by atoms with Crippen molar-refractivity contribution in [1.82, 2.24) is 0 Å². The van der Waals surface area contributed by atoms with Crippen molar-refractivity contribution < 1.29 is 4.74 Å². The SMILES string of the molecule is C.[C-]#[N+]/C(C#N)=C1C=C(/C=C/c2cc3c4c(c2)CCCN4CCC3)OC(C)(C)C\1. The number of benzene rings is 1. The van der Waals surface area contributed by atoms with Crippen LogP contribution in [0.4, 0.5) is 5.69 Å². The molecule has 0 radical (unpaired) electrons. The summed E-state index contributed by atoms with van der Waals surface area (Å²) in [7, 11) is 0. The van der Waals surface area contributed by atoms with Gasteiger partial charge >= 0.3 is 0 Å². The molecule has 150 valence electrons. The van der Waals surface area contributed by atoms with Gasteiger partial charge in [-0.2, -0.15) is 0 Å². The second kappa shape index (κ2) is 8.18. The van der Waals surface area contributed by atoms with Gasteiger partial charge in [0.25, 0.3) is 5.70 Å². The van der Waals surface area contributed by atoms with E-state index >= 15 is 0 Å². The molecule has 3 aliphatic heterocycles. The van der Waals surface area contributed by atoms with Crippen LogP contribution >= 0.6 is 0 Å². The van der Waals surface area contributed by atoms with Gasteiger partial charge in [0.05, 0.1) is 12.6 Å². The van der Waals surface area contributed by atoms with Crippen LogP contribution in [0.2, 0.25) is 0 Å².